The minimum atomic E-state index is -0.252. The molecule has 2 aliphatic rings. The molecule has 8 heteroatoms. The lowest BCUT2D eigenvalue weighted by molar-refractivity contribution is 0.0879. The van der Waals surface area contributed by atoms with Gasteiger partial charge in [0.2, 0.25) is 0 Å². The number of aromatic amines is 1. The van der Waals surface area contributed by atoms with Crippen molar-refractivity contribution in [1.29, 1.82) is 0 Å². The number of benzene rings is 1. The fourth-order valence-electron chi connectivity index (χ4n) is 4.46. The fraction of sp³-hybridized carbons (Fsp3) is 0.550. The van der Waals surface area contributed by atoms with E-state index in [0.717, 1.165) is 24.8 Å². The molecule has 3 amide bonds. The molecule has 4 rings (SSSR count). The number of urea groups is 1. The molecule has 2 aliphatic heterocycles. The monoisotopic (exact) mass is 384 g/mol. The molecule has 2 fully saturated rings. The number of amides is 3. The van der Waals surface area contributed by atoms with Crippen molar-refractivity contribution in [3.63, 3.8) is 0 Å². The molecule has 2 atom stereocenters. The van der Waals surface area contributed by atoms with Crippen LogP contribution in [0.5, 0.6) is 0 Å². The number of hydrogen-bond acceptors (Lipinski definition) is 4. The summed E-state index contributed by atoms with van der Waals surface area (Å²) in [5, 5.41) is 16.6. The van der Waals surface area contributed by atoms with Gasteiger partial charge in [0.25, 0.3) is 5.91 Å². The van der Waals surface area contributed by atoms with Crippen LogP contribution in [0.4, 0.5) is 10.5 Å². The third-order valence-electron chi connectivity index (χ3n) is 6.00. The molecule has 2 saturated heterocycles. The maximum atomic E-state index is 12.9. The average Bonchev–Trinajstić information content (AvgIpc) is 3.16. The number of aromatic nitrogens is 2. The molecule has 0 radical (unpaired) electrons. The Morgan fingerprint density at radius 3 is 2.71 bits per heavy atom. The quantitative estimate of drug-likeness (QED) is 0.636. The number of nitrogens with one attached hydrogen (secondary N) is 4. The van der Waals surface area contributed by atoms with E-state index in [9.17, 15) is 9.59 Å². The van der Waals surface area contributed by atoms with Crippen molar-refractivity contribution in [2.24, 2.45) is 0 Å². The van der Waals surface area contributed by atoms with Crippen molar-refractivity contribution in [3.05, 3.63) is 23.9 Å². The molecule has 0 saturated carbocycles. The van der Waals surface area contributed by atoms with Gasteiger partial charge >= 0.3 is 6.03 Å². The summed E-state index contributed by atoms with van der Waals surface area (Å²) in [5.74, 6) is -0.159. The molecule has 0 spiro atoms. The summed E-state index contributed by atoms with van der Waals surface area (Å²) in [5.41, 5.74) is 1.78. The van der Waals surface area contributed by atoms with E-state index < -0.39 is 0 Å². The van der Waals surface area contributed by atoms with Crippen molar-refractivity contribution in [2.45, 2.75) is 57.2 Å². The van der Waals surface area contributed by atoms with Crippen LogP contribution < -0.4 is 16.0 Å². The van der Waals surface area contributed by atoms with Crippen LogP contribution in [0.15, 0.2) is 18.2 Å². The molecule has 3 heterocycles. The van der Waals surface area contributed by atoms with E-state index in [0.29, 0.717) is 35.4 Å². The average molecular weight is 384 g/mol. The minimum absolute atomic E-state index is 0.159. The summed E-state index contributed by atoms with van der Waals surface area (Å²) < 4.78 is 0. The molecule has 2 aromatic rings. The molecule has 1 aromatic carbocycles. The highest BCUT2D eigenvalue weighted by molar-refractivity contribution is 6.06. The van der Waals surface area contributed by atoms with Gasteiger partial charge in [-0.1, -0.05) is 6.92 Å². The summed E-state index contributed by atoms with van der Waals surface area (Å²) in [6.45, 7) is 2.62. The largest absolute Gasteiger partial charge is 0.348 e. The molecule has 150 valence electrons. The highest BCUT2D eigenvalue weighted by Crippen LogP contribution is 2.34. The van der Waals surface area contributed by atoms with Crippen LogP contribution in [0.1, 0.15) is 49.5 Å². The van der Waals surface area contributed by atoms with Crippen LogP contribution in [-0.4, -0.2) is 58.8 Å². The summed E-state index contributed by atoms with van der Waals surface area (Å²) in [4.78, 5) is 27.2. The number of piperidine rings is 1. The van der Waals surface area contributed by atoms with E-state index in [2.05, 4.69) is 38.1 Å². The number of anilines is 1. The van der Waals surface area contributed by atoms with Crippen LogP contribution in [0.2, 0.25) is 0 Å². The SMILES string of the molecule is CCCNC(=O)Nc1ccc2[nH]nc(C(=O)NC3CC4CCC(C3)N4C)c2c1. The number of carbonyl (C=O) groups excluding carboxylic acids is 2. The first-order valence-electron chi connectivity index (χ1n) is 10.1. The Morgan fingerprint density at radius 2 is 2.00 bits per heavy atom. The molecule has 1 aromatic heterocycles. The van der Waals surface area contributed by atoms with E-state index in [-0.39, 0.29) is 18.0 Å². The van der Waals surface area contributed by atoms with Gasteiger partial charge < -0.3 is 20.9 Å². The molecule has 8 nitrogen and oxygen atoms in total. The van der Waals surface area contributed by atoms with Gasteiger partial charge in [-0.25, -0.2) is 4.79 Å². The number of H-pyrrole nitrogens is 1. The fourth-order valence-corrected chi connectivity index (χ4v) is 4.46. The first kappa shape index (κ1) is 18.7. The Hall–Kier alpha value is -2.61. The smallest absolute Gasteiger partial charge is 0.319 e. The van der Waals surface area contributed by atoms with Gasteiger partial charge in [-0.3, -0.25) is 9.89 Å². The first-order valence-corrected chi connectivity index (χ1v) is 10.1. The maximum Gasteiger partial charge on any atom is 0.319 e. The van der Waals surface area contributed by atoms with Gasteiger partial charge in [0, 0.05) is 35.7 Å². The lowest BCUT2D eigenvalue weighted by atomic mass is 9.98. The Kier molecular flexibility index (Phi) is 5.21. The number of fused-ring (bicyclic) bond motifs is 3. The summed E-state index contributed by atoms with van der Waals surface area (Å²) in [6, 6.07) is 6.48. The Labute approximate surface area is 164 Å². The van der Waals surface area contributed by atoms with E-state index in [1.165, 1.54) is 12.8 Å². The molecule has 2 bridgehead atoms. The first-order chi connectivity index (χ1) is 13.5. The van der Waals surface area contributed by atoms with E-state index in [1.807, 2.05) is 13.0 Å². The Bertz CT molecular complexity index is 865. The van der Waals surface area contributed by atoms with Crippen molar-refractivity contribution in [2.75, 3.05) is 18.9 Å². The lowest BCUT2D eigenvalue weighted by Gasteiger charge is -2.36. The highest BCUT2D eigenvalue weighted by Gasteiger charge is 2.39. The molecule has 0 aliphatic carbocycles. The van der Waals surface area contributed by atoms with Crippen LogP contribution in [0, 0.1) is 0 Å². The molecule has 28 heavy (non-hydrogen) atoms. The van der Waals surface area contributed by atoms with Crippen molar-refractivity contribution in [1.82, 2.24) is 25.7 Å². The predicted octanol–water partition coefficient (Wildman–Crippen LogP) is 2.45. The normalized spacial score (nSPS) is 24.3. The van der Waals surface area contributed by atoms with Gasteiger partial charge in [-0.2, -0.15) is 5.10 Å². The van der Waals surface area contributed by atoms with E-state index in [1.54, 1.807) is 12.1 Å². The predicted molar refractivity (Wildman–Crippen MR) is 108 cm³/mol. The van der Waals surface area contributed by atoms with Gasteiger partial charge in [0.1, 0.15) is 0 Å². The zero-order valence-electron chi connectivity index (χ0n) is 16.4. The van der Waals surface area contributed by atoms with Gasteiger partial charge in [0.05, 0.1) is 5.52 Å². The summed E-state index contributed by atoms with van der Waals surface area (Å²) in [6.07, 6.45) is 5.29. The number of nitrogens with zero attached hydrogens (tertiary/aromatic N) is 2. The summed E-state index contributed by atoms with van der Waals surface area (Å²) in [7, 11) is 2.19. The van der Waals surface area contributed by atoms with Gasteiger partial charge in [-0.15, -0.1) is 0 Å². The highest BCUT2D eigenvalue weighted by atomic mass is 16.2. The number of hydrogen-bond donors (Lipinski definition) is 4. The van der Waals surface area contributed by atoms with Gasteiger partial charge in [-0.05, 0) is 57.4 Å². The van der Waals surface area contributed by atoms with Crippen LogP contribution in [-0.2, 0) is 0 Å². The van der Waals surface area contributed by atoms with Gasteiger partial charge in [0.15, 0.2) is 5.69 Å². The zero-order chi connectivity index (χ0) is 19.7. The van der Waals surface area contributed by atoms with Crippen molar-refractivity contribution in [3.8, 4) is 0 Å². The maximum absolute atomic E-state index is 12.9. The van der Waals surface area contributed by atoms with Crippen LogP contribution in [0.25, 0.3) is 10.9 Å². The molecular weight excluding hydrogens is 356 g/mol. The second-order valence-corrected chi connectivity index (χ2v) is 7.91. The van der Waals surface area contributed by atoms with E-state index >= 15 is 0 Å². The molecule has 4 N–H and O–H groups in total. The van der Waals surface area contributed by atoms with Crippen molar-refractivity contribution >= 4 is 28.5 Å². The molecule has 2 unspecified atom stereocenters. The second-order valence-electron chi connectivity index (χ2n) is 7.91. The second kappa shape index (κ2) is 7.79. The summed E-state index contributed by atoms with van der Waals surface area (Å²) >= 11 is 0. The minimum Gasteiger partial charge on any atom is -0.348 e. The standard InChI is InChI=1S/C20H28N6O2/c1-3-8-21-20(28)23-12-4-7-17-16(11-12)18(25-24-17)19(27)22-13-9-14-5-6-15(10-13)26(14)2/h4,7,11,13-15H,3,5-6,8-10H2,1-2H3,(H,22,27)(H,24,25)(H2,21,23,28). The lowest BCUT2D eigenvalue weighted by Crippen LogP contribution is -2.48. The van der Waals surface area contributed by atoms with Crippen LogP contribution in [0.3, 0.4) is 0 Å². The zero-order valence-corrected chi connectivity index (χ0v) is 16.4. The number of carbonyl (C=O) groups is 2. The van der Waals surface area contributed by atoms with E-state index in [4.69, 9.17) is 0 Å². The van der Waals surface area contributed by atoms with Crippen LogP contribution >= 0.6 is 0 Å². The number of rotatable bonds is 5. The van der Waals surface area contributed by atoms with Crippen molar-refractivity contribution < 1.29 is 9.59 Å². The Balaban J connectivity index is 1.46. The Morgan fingerprint density at radius 1 is 1.25 bits per heavy atom. The topological polar surface area (TPSA) is 102 Å². The molecular formula is C20H28N6O2. The third-order valence-corrected chi connectivity index (χ3v) is 6.00. The third kappa shape index (κ3) is 3.69.